The van der Waals surface area contributed by atoms with Crippen molar-refractivity contribution in [3.8, 4) is 5.75 Å². The molecule has 0 bridgehead atoms. The van der Waals surface area contributed by atoms with E-state index in [1.54, 1.807) is 12.1 Å². The Hall–Kier alpha value is -0.450. The molecule has 1 aromatic rings. The summed E-state index contributed by atoms with van der Waals surface area (Å²) < 4.78 is 28.7. The third kappa shape index (κ3) is 4.27. The van der Waals surface area contributed by atoms with Crippen molar-refractivity contribution < 1.29 is 13.2 Å². The molecule has 0 atom stereocenters. The fourth-order valence-electron chi connectivity index (χ4n) is 2.78. The minimum atomic E-state index is -3.52. The van der Waals surface area contributed by atoms with Crippen molar-refractivity contribution in [2.45, 2.75) is 32.6 Å². The molecule has 1 aromatic carbocycles. The van der Waals surface area contributed by atoms with Gasteiger partial charge in [0.15, 0.2) is 0 Å². The van der Waals surface area contributed by atoms with Gasteiger partial charge in [0.1, 0.15) is 5.75 Å². The molecule has 3 nitrogen and oxygen atoms in total. The lowest BCUT2D eigenvalue weighted by Crippen LogP contribution is -2.32. The molecule has 20 heavy (non-hydrogen) atoms. The maximum atomic E-state index is 11.4. The van der Waals surface area contributed by atoms with E-state index in [-0.39, 0.29) is 11.2 Å². The van der Waals surface area contributed by atoms with Crippen molar-refractivity contribution in [2.75, 3.05) is 12.4 Å². The number of ether oxygens (including phenoxy) is 1. The molecular weight excluding hydrogens is 319 g/mol. The zero-order valence-corrected chi connectivity index (χ0v) is 13.7. The quantitative estimate of drug-likeness (QED) is 0.758. The van der Waals surface area contributed by atoms with Crippen LogP contribution in [0.1, 0.15) is 31.2 Å². The molecule has 112 valence electrons. The molecule has 0 aliphatic heterocycles. The molecule has 0 N–H and O–H groups in total. The monoisotopic (exact) mass is 336 g/mol. The van der Waals surface area contributed by atoms with Gasteiger partial charge in [0, 0.05) is 21.1 Å². The summed E-state index contributed by atoms with van der Waals surface area (Å²) in [5, 5.41) is 0.607. The molecule has 0 unspecified atom stereocenters. The van der Waals surface area contributed by atoms with Crippen LogP contribution < -0.4 is 4.74 Å². The third-order valence-electron chi connectivity index (χ3n) is 3.83. The first-order chi connectivity index (χ1) is 9.30. The maximum absolute atomic E-state index is 11.4. The number of hydrogen-bond donors (Lipinski definition) is 0. The largest absolute Gasteiger partial charge is 0.493 e. The van der Waals surface area contributed by atoms with Crippen molar-refractivity contribution in [2.24, 2.45) is 5.41 Å². The Kier molecular flexibility index (Phi) is 4.88. The third-order valence-corrected chi connectivity index (χ3v) is 5.35. The first-order valence-corrected chi connectivity index (χ1v) is 9.47. The van der Waals surface area contributed by atoms with Crippen molar-refractivity contribution in [1.29, 1.82) is 0 Å². The summed E-state index contributed by atoms with van der Waals surface area (Å²) in [6.45, 7) is 2.30. The van der Waals surface area contributed by atoms with Gasteiger partial charge < -0.3 is 4.74 Å². The van der Waals surface area contributed by atoms with Crippen LogP contribution in [0.2, 0.25) is 5.02 Å². The van der Waals surface area contributed by atoms with E-state index in [0.717, 1.165) is 31.2 Å². The molecule has 2 rings (SSSR count). The predicted octanol–water partition coefficient (Wildman–Crippen LogP) is 4.16. The SMILES string of the molecule is Cc1ccc(Cl)cc1OCC1(CS(=O)(=O)Cl)CCCC1. The highest BCUT2D eigenvalue weighted by Crippen LogP contribution is 2.40. The van der Waals surface area contributed by atoms with Gasteiger partial charge in [-0.2, -0.15) is 0 Å². The summed E-state index contributed by atoms with van der Waals surface area (Å²) >= 11 is 5.96. The van der Waals surface area contributed by atoms with Gasteiger partial charge in [-0.3, -0.25) is 0 Å². The van der Waals surface area contributed by atoms with E-state index >= 15 is 0 Å². The molecule has 1 aliphatic carbocycles. The van der Waals surface area contributed by atoms with Gasteiger partial charge in [-0.15, -0.1) is 0 Å². The molecule has 0 heterocycles. The van der Waals surface area contributed by atoms with Gasteiger partial charge in [-0.05, 0) is 37.5 Å². The van der Waals surface area contributed by atoms with Crippen LogP contribution in [0.15, 0.2) is 18.2 Å². The predicted molar refractivity (Wildman–Crippen MR) is 82.2 cm³/mol. The van der Waals surface area contributed by atoms with E-state index in [4.69, 9.17) is 27.0 Å². The van der Waals surface area contributed by atoms with E-state index in [0.29, 0.717) is 17.4 Å². The van der Waals surface area contributed by atoms with E-state index < -0.39 is 9.05 Å². The van der Waals surface area contributed by atoms with Gasteiger partial charge >= 0.3 is 0 Å². The van der Waals surface area contributed by atoms with Crippen LogP contribution in [-0.2, 0) is 9.05 Å². The van der Waals surface area contributed by atoms with Crippen molar-refractivity contribution in [3.05, 3.63) is 28.8 Å². The van der Waals surface area contributed by atoms with E-state index in [1.165, 1.54) is 0 Å². The molecule has 1 saturated carbocycles. The fraction of sp³-hybridized carbons (Fsp3) is 0.571. The molecule has 0 amide bonds. The molecular formula is C14H18Cl2O3S. The standard InChI is InChI=1S/C14H18Cl2O3S/c1-11-4-5-12(15)8-13(11)19-9-14(6-2-3-7-14)10-20(16,17)18/h4-5,8H,2-3,6-7,9-10H2,1H3. The Morgan fingerprint density at radius 1 is 1.30 bits per heavy atom. The lowest BCUT2D eigenvalue weighted by molar-refractivity contribution is 0.170. The van der Waals surface area contributed by atoms with Crippen molar-refractivity contribution in [3.63, 3.8) is 0 Å². The van der Waals surface area contributed by atoms with Gasteiger partial charge in [-0.25, -0.2) is 8.42 Å². The second-order valence-electron chi connectivity index (χ2n) is 5.59. The molecule has 0 spiro atoms. The second-order valence-corrected chi connectivity index (χ2v) is 8.80. The molecule has 1 aliphatic rings. The smallest absolute Gasteiger partial charge is 0.233 e. The Morgan fingerprint density at radius 2 is 1.95 bits per heavy atom. The van der Waals surface area contributed by atoms with Crippen LogP contribution in [0.4, 0.5) is 0 Å². The lowest BCUT2D eigenvalue weighted by Gasteiger charge is -2.27. The maximum Gasteiger partial charge on any atom is 0.233 e. The Morgan fingerprint density at radius 3 is 2.55 bits per heavy atom. The van der Waals surface area contributed by atoms with Crippen LogP contribution in [0, 0.1) is 12.3 Å². The van der Waals surface area contributed by atoms with Crippen LogP contribution in [0.25, 0.3) is 0 Å². The fourth-order valence-corrected chi connectivity index (χ4v) is 4.74. The van der Waals surface area contributed by atoms with Gasteiger partial charge in [0.05, 0.1) is 12.4 Å². The summed E-state index contributed by atoms with van der Waals surface area (Å²) in [7, 11) is 1.91. The Balaban J connectivity index is 2.11. The second kappa shape index (κ2) is 6.12. The van der Waals surface area contributed by atoms with Gasteiger partial charge in [-0.1, -0.05) is 30.5 Å². The number of benzene rings is 1. The van der Waals surface area contributed by atoms with Crippen LogP contribution in [0.3, 0.4) is 0 Å². The number of aryl methyl sites for hydroxylation is 1. The van der Waals surface area contributed by atoms with E-state index in [2.05, 4.69) is 0 Å². The van der Waals surface area contributed by atoms with Crippen molar-refractivity contribution in [1.82, 2.24) is 0 Å². The molecule has 0 aromatic heterocycles. The van der Waals surface area contributed by atoms with Crippen LogP contribution in [-0.4, -0.2) is 20.8 Å². The highest BCUT2D eigenvalue weighted by molar-refractivity contribution is 8.13. The average Bonchev–Trinajstić information content (AvgIpc) is 2.77. The zero-order chi connectivity index (χ0) is 14.8. The summed E-state index contributed by atoms with van der Waals surface area (Å²) in [6.07, 6.45) is 3.70. The molecule has 6 heteroatoms. The van der Waals surface area contributed by atoms with E-state index in [9.17, 15) is 8.42 Å². The molecule has 0 radical (unpaired) electrons. The summed E-state index contributed by atoms with van der Waals surface area (Å²) in [5.41, 5.74) is 0.617. The normalized spacial score (nSPS) is 18.1. The lowest BCUT2D eigenvalue weighted by atomic mass is 9.90. The summed E-state index contributed by atoms with van der Waals surface area (Å²) in [4.78, 5) is 0. The zero-order valence-electron chi connectivity index (χ0n) is 11.4. The van der Waals surface area contributed by atoms with Crippen LogP contribution >= 0.6 is 22.3 Å². The van der Waals surface area contributed by atoms with E-state index in [1.807, 2.05) is 13.0 Å². The topological polar surface area (TPSA) is 43.4 Å². The number of rotatable bonds is 5. The van der Waals surface area contributed by atoms with Crippen molar-refractivity contribution >= 4 is 31.3 Å². The highest BCUT2D eigenvalue weighted by Gasteiger charge is 2.38. The first-order valence-electron chi connectivity index (χ1n) is 6.61. The minimum Gasteiger partial charge on any atom is -0.493 e. The first kappa shape index (κ1) is 15.9. The summed E-state index contributed by atoms with van der Waals surface area (Å²) in [6, 6.07) is 5.45. The summed E-state index contributed by atoms with van der Waals surface area (Å²) in [5.74, 6) is 0.678. The number of hydrogen-bond acceptors (Lipinski definition) is 3. The highest BCUT2D eigenvalue weighted by atomic mass is 35.7. The number of halogens is 2. The van der Waals surface area contributed by atoms with Crippen LogP contribution in [0.5, 0.6) is 5.75 Å². The minimum absolute atomic E-state index is 0.0266. The average molecular weight is 337 g/mol. The molecule has 0 saturated heterocycles. The van der Waals surface area contributed by atoms with Gasteiger partial charge in [0.25, 0.3) is 0 Å². The van der Waals surface area contributed by atoms with Gasteiger partial charge in [0.2, 0.25) is 9.05 Å². The molecule has 1 fully saturated rings. The Labute approximate surface area is 129 Å². The Bertz CT molecular complexity index is 578.